The van der Waals surface area contributed by atoms with E-state index < -0.39 is 0 Å². The zero-order chi connectivity index (χ0) is 10.2. The molecule has 0 saturated heterocycles. The molecule has 0 saturated carbocycles. The summed E-state index contributed by atoms with van der Waals surface area (Å²) in [6.45, 7) is 0.261. The first kappa shape index (κ1) is 10.5. The van der Waals surface area contributed by atoms with Crippen molar-refractivity contribution < 1.29 is 4.79 Å². The third kappa shape index (κ3) is 3.04. The van der Waals surface area contributed by atoms with Gasteiger partial charge >= 0.3 is 0 Å². The Morgan fingerprint density at radius 3 is 2.64 bits per heavy atom. The summed E-state index contributed by atoms with van der Waals surface area (Å²) in [6, 6.07) is 9.28. The van der Waals surface area contributed by atoms with E-state index in [0.717, 1.165) is 5.56 Å². The maximum Gasteiger partial charge on any atom is 0.235 e. The van der Waals surface area contributed by atoms with Gasteiger partial charge in [-0.1, -0.05) is 30.3 Å². The van der Waals surface area contributed by atoms with E-state index in [9.17, 15) is 4.79 Å². The maximum absolute atomic E-state index is 9.97. The number of aliphatic imine (C=N–C) groups is 2. The molecule has 1 rings (SSSR count). The molecule has 14 heavy (non-hydrogen) atoms. The minimum Gasteiger partial charge on any atom is -0.222 e. The van der Waals surface area contributed by atoms with Crippen molar-refractivity contribution in [2.24, 2.45) is 9.98 Å². The second-order valence-corrected chi connectivity index (χ2v) is 2.76. The van der Waals surface area contributed by atoms with Gasteiger partial charge in [0.1, 0.15) is 6.04 Å². The second kappa shape index (κ2) is 5.95. The van der Waals surface area contributed by atoms with Gasteiger partial charge in [-0.15, -0.1) is 0 Å². The van der Waals surface area contributed by atoms with Gasteiger partial charge in [-0.25, -0.2) is 14.8 Å². The molecule has 0 bridgehead atoms. The molecule has 3 nitrogen and oxygen atoms in total. The van der Waals surface area contributed by atoms with Crippen LogP contribution in [0.25, 0.3) is 0 Å². The Balaban J connectivity index is 2.88. The Hall–Kier alpha value is -1.60. The fourth-order valence-corrected chi connectivity index (χ4v) is 1.21. The molecular formula is C10H8N2OS. The molecule has 70 valence electrons. The van der Waals surface area contributed by atoms with E-state index in [-0.39, 0.29) is 12.6 Å². The summed E-state index contributed by atoms with van der Waals surface area (Å²) in [5.74, 6) is 0. The van der Waals surface area contributed by atoms with E-state index in [1.807, 2.05) is 30.3 Å². The zero-order valence-electron chi connectivity index (χ0n) is 7.38. The Labute approximate surface area is 87.2 Å². The predicted octanol–water partition coefficient (Wildman–Crippen LogP) is 2.17. The highest BCUT2D eigenvalue weighted by molar-refractivity contribution is 7.78. The molecule has 0 spiro atoms. The maximum atomic E-state index is 9.97. The lowest BCUT2D eigenvalue weighted by Gasteiger charge is -2.06. The molecular weight excluding hydrogens is 196 g/mol. The van der Waals surface area contributed by atoms with Crippen LogP contribution in [-0.4, -0.2) is 17.8 Å². The first-order chi connectivity index (χ1) is 6.88. The number of hydrogen-bond acceptors (Lipinski definition) is 4. The fourth-order valence-electron chi connectivity index (χ4n) is 1.08. The van der Waals surface area contributed by atoms with Gasteiger partial charge in [0.05, 0.1) is 11.7 Å². The van der Waals surface area contributed by atoms with Crippen LogP contribution >= 0.6 is 12.2 Å². The first-order valence-corrected chi connectivity index (χ1v) is 4.45. The number of rotatable bonds is 4. The highest BCUT2D eigenvalue weighted by Crippen LogP contribution is 2.16. The highest BCUT2D eigenvalue weighted by Gasteiger charge is 2.07. The molecule has 1 atom stereocenters. The summed E-state index contributed by atoms with van der Waals surface area (Å²) < 4.78 is 0. The van der Waals surface area contributed by atoms with Crippen LogP contribution in [0, 0.1) is 0 Å². The van der Waals surface area contributed by atoms with E-state index >= 15 is 0 Å². The molecule has 0 aliphatic rings. The van der Waals surface area contributed by atoms with Crippen LogP contribution < -0.4 is 0 Å². The largest absolute Gasteiger partial charge is 0.235 e. The van der Waals surface area contributed by atoms with E-state index in [4.69, 9.17) is 0 Å². The molecule has 0 amide bonds. The predicted molar refractivity (Wildman–Crippen MR) is 57.2 cm³/mol. The van der Waals surface area contributed by atoms with Crippen molar-refractivity contribution in [2.45, 2.75) is 6.04 Å². The number of isocyanates is 1. The van der Waals surface area contributed by atoms with Gasteiger partial charge in [0, 0.05) is 0 Å². The number of nitrogens with zero attached hydrogens (tertiary/aromatic N) is 2. The number of benzene rings is 1. The lowest BCUT2D eigenvalue weighted by molar-refractivity contribution is 0.561. The summed E-state index contributed by atoms with van der Waals surface area (Å²) in [5, 5.41) is 2.29. The number of carbonyl (C=O) groups excluding carboxylic acids is 1. The lowest BCUT2D eigenvalue weighted by atomic mass is 10.1. The van der Waals surface area contributed by atoms with Crippen molar-refractivity contribution in [1.82, 2.24) is 0 Å². The average Bonchev–Trinajstić information content (AvgIpc) is 2.25. The molecule has 0 N–H and O–H groups in total. The van der Waals surface area contributed by atoms with Crippen LogP contribution in [-0.2, 0) is 4.79 Å². The van der Waals surface area contributed by atoms with Gasteiger partial charge in [-0.2, -0.15) is 0 Å². The number of isothiocyanates is 1. The van der Waals surface area contributed by atoms with Crippen LogP contribution in [0.4, 0.5) is 0 Å². The van der Waals surface area contributed by atoms with Crippen LogP contribution in [0.1, 0.15) is 11.6 Å². The van der Waals surface area contributed by atoms with Gasteiger partial charge in [0.2, 0.25) is 6.08 Å². The van der Waals surface area contributed by atoms with Crippen molar-refractivity contribution in [3.05, 3.63) is 35.9 Å². The molecule has 1 aromatic rings. The van der Waals surface area contributed by atoms with E-state index in [0.29, 0.717) is 0 Å². The van der Waals surface area contributed by atoms with E-state index in [1.165, 1.54) is 6.08 Å². The van der Waals surface area contributed by atoms with Crippen molar-refractivity contribution in [3.8, 4) is 0 Å². The minimum atomic E-state index is -0.227. The van der Waals surface area contributed by atoms with Crippen LogP contribution in [0.5, 0.6) is 0 Å². The molecule has 0 radical (unpaired) electrons. The molecule has 0 heterocycles. The Morgan fingerprint density at radius 1 is 1.36 bits per heavy atom. The SMILES string of the molecule is O=C=NCC(N=C=S)c1ccccc1. The van der Waals surface area contributed by atoms with Gasteiger partial charge in [0.25, 0.3) is 0 Å². The van der Waals surface area contributed by atoms with E-state index in [1.54, 1.807) is 0 Å². The molecule has 1 aromatic carbocycles. The molecule has 0 aliphatic carbocycles. The standard InChI is InChI=1S/C10H8N2OS/c13-7-11-6-10(12-8-14)9-4-2-1-3-5-9/h1-5,10H,6H2. The minimum absolute atomic E-state index is 0.227. The molecule has 4 heteroatoms. The fraction of sp³-hybridized carbons (Fsp3) is 0.200. The van der Waals surface area contributed by atoms with Crippen molar-refractivity contribution >= 4 is 23.5 Å². The van der Waals surface area contributed by atoms with Crippen molar-refractivity contribution in [2.75, 3.05) is 6.54 Å². The Bertz CT molecular complexity index is 378. The van der Waals surface area contributed by atoms with Gasteiger partial charge < -0.3 is 0 Å². The average molecular weight is 204 g/mol. The summed E-state index contributed by atoms with van der Waals surface area (Å²) >= 11 is 4.52. The highest BCUT2D eigenvalue weighted by atomic mass is 32.1. The first-order valence-electron chi connectivity index (χ1n) is 4.04. The summed E-state index contributed by atoms with van der Waals surface area (Å²) in [6.07, 6.45) is 1.48. The number of thiocarbonyl (C=S) groups is 1. The molecule has 1 unspecified atom stereocenters. The van der Waals surface area contributed by atoms with Gasteiger partial charge in [-0.3, -0.25) is 0 Å². The number of hydrogen-bond donors (Lipinski definition) is 0. The van der Waals surface area contributed by atoms with Crippen LogP contribution in [0.2, 0.25) is 0 Å². The summed E-state index contributed by atoms with van der Waals surface area (Å²) in [7, 11) is 0. The van der Waals surface area contributed by atoms with Gasteiger partial charge in [0.15, 0.2) is 0 Å². The Morgan fingerprint density at radius 2 is 2.07 bits per heavy atom. The summed E-state index contributed by atoms with van der Waals surface area (Å²) in [5.41, 5.74) is 0.962. The van der Waals surface area contributed by atoms with Crippen molar-refractivity contribution in [1.29, 1.82) is 0 Å². The topological polar surface area (TPSA) is 41.8 Å². The molecule has 0 aromatic heterocycles. The zero-order valence-corrected chi connectivity index (χ0v) is 8.20. The van der Waals surface area contributed by atoms with Gasteiger partial charge in [-0.05, 0) is 17.8 Å². The van der Waals surface area contributed by atoms with E-state index in [2.05, 4.69) is 27.4 Å². The monoisotopic (exact) mass is 204 g/mol. The molecule has 0 aliphatic heterocycles. The van der Waals surface area contributed by atoms with Crippen LogP contribution in [0.3, 0.4) is 0 Å². The van der Waals surface area contributed by atoms with Crippen LogP contribution in [0.15, 0.2) is 40.3 Å². The summed E-state index contributed by atoms with van der Waals surface area (Å²) in [4.78, 5) is 17.4. The Kier molecular flexibility index (Phi) is 4.45. The third-order valence-electron chi connectivity index (χ3n) is 1.72. The quantitative estimate of drug-likeness (QED) is 0.428. The van der Waals surface area contributed by atoms with Crippen molar-refractivity contribution in [3.63, 3.8) is 0 Å². The second-order valence-electron chi connectivity index (χ2n) is 2.58. The lowest BCUT2D eigenvalue weighted by Crippen LogP contribution is -1.98. The third-order valence-corrected chi connectivity index (χ3v) is 1.83. The molecule has 0 fully saturated rings. The smallest absolute Gasteiger partial charge is 0.222 e. The normalized spacial score (nSPS) is 10.9.